The Morgan fingerprint density at radius 2 is 2.22 bits per heavy atom. The van der Waals surface area contributed by atoms with Crippen LogP contribution in [-0.2, 0) is 11.2 Å². The molecule has 0 heterocycles. The van der Waals surface area contributed by atoms with E-state index in [1.165, 1.54) is 0 Å². The van der Waals surface area contributed by atoms with Gasteiger partial charge in [0.25, 0.3) is 0 Å². The van der Waals surface area contributed by atoms with E-state index >= 15 is 0 Å². The third kappa shape index (κ3) is 3.47. The minimum Gasteiger partial charge on any atom is -0.399 e. The van der Waals surface area contributed by atoms with Crippen molar-refractivity contribution in [1.82, 2.24) is 4.90 Å². The highest BCUT2D eigenvalue weighted by molar-refractivity contribution is 5.77. The van der Waals surface area contributed by atoms with Gasteiger partial charge in [-0.3, -0.25) is 4.79 Å². The molecule has 18 heavy (non-hydrogen) atoms. The fourth-order valence-corrected chi connectivity index (χ4v) is 2.15. The summed E-state index contributed by atoms with van der Waals surface area (Å²) in [5, 5.41) is 8.97. The summed E-state index contributed by atoms with van der Waals surface area (Å²) >= 11 is 0. The number of hydrogen-bond donors (Lipinski definition) is 2. The number of anilines is 1. The number of amides is 1. The number of nitrogens with two attached hydrogens (primary N) is 1. The average Bonchev–Trinajstić information content (AvgIpc) is 3.17. The van der Waals surface area contributed by atoms with E-state index in [1.807, 2.05) is 29.2 Å². The van der Waals surface area contributed by atoms with Crippen molar-refractivity contribution >= 4 is 11.6 Å². The van der Waals surface area contributed by atoms with Gasteiger partial charge in [-0.05, 0) is 37.0 Å². The van der Waals surface area contributed by atoms with Crippen LogP contribution in [0.2, 0.25) is 0 Å². The first kappa shape index (κ1) is 12.9. The molecule has 2 rings (SSSR count). The van der Waals surface area contributed by atoms with E-state index < -0.39 is 0 Å². The maximum atomic E-state index is 12.1. The molecule has 4 nitrogen and oxygen atoms in total. The highest BCUT2D eigenvalue weighted by Gasteiger charge is 2.31. The van der Waals surface area contributed by atoms with Crippen LogP contribution in [0.25, 0.3) is 0 Å². The van der Waals surface area contributed by atoms with Gasteiger partial charge in [0.05, 0.1) is 6.61 Å². The van der Waals surface area contributed by atoms with Crippen LogP contribution < -0.4 is 5.73 Å². The fraction of sp³-hybridized carbons (Fsp3) is 0.500. The molecule has 0 bridgehead atoms. The number of nitrogen functional groups attached to an aromatic ring is 1. The Hall–Kier alpha value is -1.55. The molecule has 0 unspecified atom stereocenters. The van der Waals surface area contributed by atoms with Crippen molar-refractivity contribution in [1.29, 1.82) is 0 Å². The highest BCUT2D eigenvalue weighted by atomic mass is 16.3. The monoisotopic (exact) mass is 248 g/mol. The van der Waals surface area contributed by atoms with Crippen molar-refractivity contribution in [3.8, 4) is 0 Å². The summed E-state index contributed by atoms with van der Waals surface area (Å²) in [4.78, 5) is 13.9. The number of carbonyl (C=O) groups is 1. The van der Waals surface area contributed by atoms with E-state index in [4.69, 9.17) is 10.8 Å². The van der Waals surface area contributed by atoms with Crippen LogP contribution in [0.15, 0.2) is 24.3 Å². The molecule has 1 fully saturated rings. The van der Waals surface area contributed by atoms with E-state index in [0.29, 0.717) is 25.4 Å². The van der Waals surface area contributed by atoms with Gasteiger partial charge in [-0.15, -0.1) is 0 Å². The standard InChI is InChI=1S/C14H20N2O2/c15-12-3-1-2-11(10-12)4-7-14(18)16(8-9-17)13-5-6-13/h1-3,10,13,17H,4-9,15H2. The SMILES string of the molecule is Nc1cccc(CCC(=O)N(CCO)C2CC2)c1. The zero-order valence-electron chi connectivity index (χ0n) is 10.5. The normalized spacial score (nSPS) is 14.5. The third-order valence-corrected chi connectivity index (χ3v) is 3.23. The van der Waals surface area contributed by atoms with Crippen molar-refractivity contribution in [3.05, 3.63) is 29.8 Å². The Morgan fingerprint density at radius 1 is 1.44 bits per heavy atom. The summed E-state index contributed by atoms with van der Waals surface area (Å²) in [5.74, 6) is 0.133. The number of benzene rings is 1. The molecule has 3 N–H and O–H groups in total. The molecule has 1 saturated carbocycles. The number of rotatable bonds is 6. The molecule has 0 atom stereocenters. The van der Waals surface area contributed by atoms with Crippen molar-refractivity contribution < 1.29 is 9.90 Å². The molecule has 1 aromatic rings. The Bertz CT molecular complexity index is 416. The van der Waals surface area contributed by atoms with Crippen LogP contribution in [0.5, 0.6) is 0 Å². The Balaban J connectivity index is 1.86. The highest BCUT2D eigenvalue weighted by Crippen LogP contribution is 2.27. The van der Waals surface area contributed by atoms with Gasteiger partial charge in [-0.25, -0.2) is 0 Å². The lowest BCUT2D eigenvalue weighted by Gasteiger charge is -2.21. The Labute approximate surface area is 107 Å². The molecular weight excluding hydrogens is 228 g/mol. The molecule has 1 aromatic carbocycles. The molecule has 0 spiro atoms. The largest absolute Gasteiger partial charge is 0.399 e. The zero-order chi connectivity index (χ0) is 13.0. The van der Waals surface area contributed by atoms with Crippen LogP contribution in [-0.4, -0.2) is 35.1 Å². The molecule has 0 aromatic heterocycles. The first-order valence-corrected chi connectivity index (χ1v) is 6.45. The Morgan fingerprint density at radius 3 is 2.83 bits per heavy atom. The minimum atomic E-state index is 0.0422. The van der Waals surface area contributed by atoms with Crippen LogP contribution in [0, 0.1) is 0 Å². The molecule has 1 aliphatic rings. The lowest BCUT2D eigenvalue weighted by molar-refractivity contribution is -0.132. The van der Waals surface area contributed by atoms with Gasteiger partial charge in [0.15, 0.2) is 0 Å². The zero-order valence-corrected chi connectivity index (χ0v) is 10.5. The maximum absolute atomic E-state index is 12.1. The first-order valence-electron chi connectivity index (χ1n) is 6.45. The van der Waals surface area contributed by atoms with Crippen molar-refractivity contribution in [3.63, 3.8) is 0 Å². The van der Waals surface area contributed by atoms with E-state index in [2.05, 4.69) is 0 Å². The van der Waals surface area contributed by atoms with Gasteiger partial charge < -0.3 is 15.7 Å². The van der Waals surface area contributed by atoms with E-state index in [-0.39, 0.29) is 12.5 Å². The number of aryl methyl sites for hydroxylation is 1. The molecule has 1 aliphatic carbocycles. The molecule has 4 heteroatoms. The first-order chi connectivity index (χ1) is 8.70. The molecule has 0 saturated heterocycles. The van der Waals surface area contributed by atoms with Gasteiger partial charge >= 0.3 is 0 Å². The maximum Gasteiger partial charge on any atom is 0.223 e. The second-order valence-electron chi connectivity index (χ2n) is 4.79. The van der Waals surface area contributed by atoms with Crippen LogP contribution in [0.1, 0.15) is 24.8 Å². The number of hydrogen-bond acceptors (Lipinski definition) is 3. The average molecular weight is 248 g/mol. The topological polar surface area (TPSA) is 66.6 Å². The van der Waals surface area contributed by atoms with Crippen LogP contribution in [0.3, 0.4) is 0 Å². The quantitative estimate of drug-likeness (QED) is 0.743. The van der Waals surface area contributed by atoms with Gasteiger partial charge in [0, 0.05) is 24.7 Å². The molecule has 98 valence electrons. The number of aliphatic hydroxyl groups is 1. The predicted molar refractivity (Wildman–Crippen MR) is 71.0 cm³/mol. The van der Waals surface area contributed by atoms with Gasteiger partial charge in [0.1, 0.15) is 0 Å². The summed E-state index contributed by atoms with van der Waals surface area (Å²) in [5.41, 5.74) is 7.52. The van der Waals surface area contributed by atoms with Crippen molar-refractivity contribution in [2.24, 2.45) is 0 Å². The third-order valence-electron chi connectivity index (χ3n) is 3.23. The van der Waals surface area contributed by atoms with Gasteiger partial charge in [-0.2, -0.15) is 0 Å². The number of aliphatic hydroxyl groups excluding tert-OH is 1. The minimum absolute atomic E-state index is 0.0422. The molecule has 1 amide bonds. The van der Waals surface area contributed by atoms with Crippen LogP contribution >= 0.6 is 0 Å². The summed E-state index contributed by atoms with van der Waals surface area (Å²) in [6.45, 7) is 0.501. The van der Waals surface area contributed by atoms with Crippen LogP contribution in [0.4, 0.5) is 5.69 Å². The summed E-state index contributed by atoms with van der Waals surface area (Å²) < 4.78 is 0. The van der Waals surface area contributed by atoms with Gasteiger partial charge in [0.2, 0.25) is 5.91 Å². The predicted octanol–water partition coefficient (Wildman–Crippen LogP) is 1.18. The molecule has 0 radical (unpaired) electrons. The van der Waals surface area contributed by atoms with E-state index in [1.54, 1.807) is 0 Å². The molecular formula is C14H20N2O2. The summed E-state index contributed by atoms with van der Waals surface area (Å²) in [6.07, 6.45) is 3.34. The Kier molecular flexibility index (Phi) is 4.20. The second-order valence-corrected chi connectivity index (χ2v) is 4.79. The van der Waals surface area contributed by atoms with E-state index in [9.17, 15) is 4.79 Å². The summed E-state index contributed by atoms with van der Waals surface area (Å²) in [6, 6.07) is 8.00. The number of nitrogens with zero attached hydrogens (tertiary/aromatic N) is 1. The molecule has 0 aliphatic heterocycles. The fourth-order valence-electron chi connectivity index (χ4n) is 2.15. The lowest BCUT2D eigenvalue weighted by atomic mass is 10.1. The van der Waals surface area contributed by atoms with E-state index in [0.717, 1.165) is 24.1 Å². The second kappa shape index (κ2) is 5.87. The summed E-state index contributed by atoms with van der Waals surface area (Å²) in [7, 11) is 0. The van der Waals surface area contributed by atoms with Crippen molar-refractivity contribution in [2.75, 3.05) is 18.9 Å². The smallest absolute Gasteiger partial charge is 0.223 e. The van der Waals surface area contributed by atoms with Gasteiger partial charge in [-0.1, -0.05) is 12.1 Å². The lowest BCUT2D eigenvalue weighted by Crippen LogP contribution is -2.35. The van der Waals surface area contributed by atoms with Crippen molar-refractivity contribution in [2.45, 2.75) is 31.7 Å². The number of carbonyl (C=O) groups excluding carboxylic acids is 1.